The average Bonchev–Trinajstić information content (AvgIpc) is 2.79. The lowest BCUT2D eigenvalue weighted by molar-refractivity contribution is 0.582. The van der Waals surface area contributed by atoms with Crippen LogP contribution in [0.4, 0.5) is 4.39 Å². The topological polar surface area (TPSA) is 58.9 Å². The van der Waals surface area contributed by atoms with Gasteiger partial charge >= 0.3 is 0 Å². The van der Waals surface area contributed by atoms with E-state index in [1.54, 1.807) is 6.07 Å². The molecule has 5 heteroatoms. The highest BCUT2D eigenvalue weighted by molar-refractivity contribution is 5.81. The SMILES string of the molecule is Cc1nc(-c2cc3ccccc3o2)[nH]c(=O)c1F. The standard InChI is InChI=1S/C13H9FN2O2/c1-7-11(14)13(17)16-12(15-7)10-6-8-4-2-3-5-9(8)18-10/h2-6H,1H3,(H,15,16,17). The fraction of sp³-hybridized carbons (Fsp3) is 0.0769. The number of furan rings is 1. The van der Waals surface area contributed by atoms with Crippen LogP contribution in [0.5, 0.6) is 0 Å². The van der Waals surface area contributed by atoms with Crippen molar-refractivity contribution in [3.8, 4) is 11.6 Å². The first kappa shape index (κ1) is 10.7. The molecule has 0 aliphatic rings. The Morgan fingerprint density at radius 3 is 2.83 bits per heavy atom. The summed E-state index contributed by atoms with van der Waals surface area (Å²) in [6.07, 6.45) is 0. The van der Waals surface area contributed by atoms with Crippen molar-refractivity contribution in [2.24, 2.45) is 0 Å². The van der Waals surface area contributed by atoms with E-state index in [9.17, 15) is 9.18 Å². The zero-order valence-electron chi connectivity index (χ0n) is 9.53. The van der Waals surface area contributed by atoms with E-state index in [0.29, 0.717) is 11.3 Å². The highest BCUT2D eigenvalue weighted by Gasteiger charge is 2.12. The molecule has 0 aliphatic carbocycles. The fourth-order valence-corrected chi connectivity index (χ4v) is 1.79. The van der Waals surface area contributed by atoms with E-state index in [2.05, 4.69) is 9.97 Å². The number of hydrogen-bond donors (Lipinski definition) is 1. The normalized spacial score (nSPS) is 11.0. The van der Waals surface area contributed by atoms with Gasteiger partial charge < -0.3 is 9.40 Å². The van der Waals surface area contributed by atoms with Gasteiger partial charge in [-0.3, -0.25) is 4.79 Å². The largest absolute Gasteiger partial charge is 0.453 e. The van der Waals surface area contributed by atoms with Gasteiger partial charge in [-0.15, -0.1) is 0 Å². The fourth-order valence-electron chi connectivity index (χ4n) is 1.79. The average molecular weight is 244 g/mol. The molecule has 0 amide bonds. The summed E-state index contributed by atoms with van der Waals surface area (Å²) >= 11 is 0. The van der Waals surface area contributed by atoms with Crippen LogP contribution in [0.3, 0.4) is 0 Å². The van der Waals surface area contributed by atoms with Gasteiger partial charge in [0.15, 0.2) is 11.6 Å². The van der Waals surface area contributed by atoms with Crippen molar-refractivity contribution >= 4 is 11.0 Å². The highest BCUT2D eigenvalue weighted by atomic mass is 19.1. The van der Waals surface area contributed by atoms with E-state index >= 15 is 0 Å². The number of hydrogen-bond acceptors (Lipinski definition) is 3. The molecule has 3 aromatic rings. The predicted octanol–water partition coefficient (Wildman–Crippen LogP) is 2.63. The van der Waals surface area contributed by atoms with E-state index < -0.39 is 11.4 Å². The van der Waals surface area contributed by atoms with E-state index in [1.807, 2.05) is 24.3 Å². The van der Waals surface area contributed by atoms with Crippen LogP contribution in [0.2, 0.25) is 0 Å². The lowest BCUT2D eigenvalue weighted by Gasteiger charge is -1.98. The summed E-state index contributed by atoms with van der Waals surface area (Å²) in [5.74, 6) is -0.221. The minimum Gasteiger partial charge on any atom is -0.453 e. The minimum absolute atomic E-state index is 0.0502. The summed E-state index contributed by atoms with van der Waals surface area (Å²) in [6, 6.07) is 9.19. The Labute approximate surface area is 101 Å². The number of aromatic amines is 1. The predicted molar refractivity (Wildman–Crippen MR) is 64.8 cm³/mol. The van der Waals surface area contributed by atoms with Gasteiger partial charge in [0.2, 0.25) is 5.82 Å². The molecular formula is C13H9FN2O2. The van der Waals surface area contributed by atoms with E-state index in [-0.39, 0.29) is 11.5 Å². The molecule has 0 atom stereocenters. The first-order valence-corrected chi connectivity index (χ1v) is 5.40. The molecular weight excluding hydrogens is 235 g/mol. The van der Waals surface area contributed by atoms with E-state index in [4.69, 9.17) is 4.42 Å². The van der Waals surface area contributed by atoms with Crippen LogP contribution in [-0.4, -0.2) is 9.97 Å². The molecule has 0 fully saturated rings. The second-order valence-electron chi connectivity index (χ2n) is 3.96. The number of rotatable bonds is 1. The molecule has 0 radical (unpaired) electrons. The van der Waals surface area contributed by atoms with Crippen molar-refractivity contribution in [3.05, 3.63) is 52.2 Å². The summed E-state index contributed by atoms with van der Waals surface area (Å²) in [5.41, 5.74) is -0.0516. The number of aromatic nitrogens is 2. The molecule has 0 saturated carbocycles. The van der Waals surface area contributed by atoms with Crippen LogP contribution < -0.4 is 5.56 Å². The quantitative estimate of drug-likeness (QED) is 0.715. The maximum Gasteiger partial charge on any atom is 0.287 e. The van der Waals surface area contributed by atoms with E-state index in [0.717, 1.165) is 5.39 Å². The third kappa shape index (κ3) is 1.60. The van der Waals surface area contributed by atoms with Crippen LogP contribution >= 0.6 is 0 Å². The molecule has 2 heterocycles. The number of nitrogens with zero attached hydrogens (tertiary/aromatic N) is 1. The molecule has 4 nitrogen and oxygen atoms in total. The van der Waals surface area contributed by atoms with Crippen LogP contribution in [-0.2, 0) is 0 Å². The molecule has 0 spiro atoms. The van der Waals surface area contributed by atoms with Crippen LogP contribution in [0.25, 0.3) is 22.6 Å². The maximum atomic E-state index is 13.2. The molecule has 3 rings (SSSR count). The lowest BCUT2D eigenvalue weighted by Crippen LogP contribution is -2.15. The van der Waals surface area contributed by atoms with Crippen molar-refractivity contribution in [1.82, 2.24) is 9.97 Å². The van der Waals surface area contributed by atoms with Crippen molar-refractivity contribution in [2.75, 3.05) is 0 Å². The Bertz CT molecular complexity index is 756. The zero-order valence-corrected chi connectivity index (χ0v) is 9.53. The first-order valence-electron chi connectivity index (χ1n) is 5.40. The number of benzene rings is 1. The van der Waals surface area contributed by atoms with Crippen LogP contribution in [0.15, 0.2) is 39.5 Å². The number of H-pyrrole nitrogens is 1. The Hall–Kier alpha value is -2.43. The van der Waals surface area contributed by atoms with Crippen LogP contribution in [0.1, 0.15) is 5.69 Å². The van der Waals surface area contributed by atoms with E-state index in [1.165, 1.54) is 6.92 Å². The lowest BCUT2D eigenvalue weighted by atomic mass is 10.2. The summed E-state index contributed by atoms with van der Waals surface area (Å²) in [7, 11) is 0. The molecule has 18 heavy (non-hydrogen) atoms. The molecule has 2 aromatic heterocycles. The maximum absolute atomic E-state index is 13.2. The summed E-state index contributed by atoms with van der Waals surface area (Å²) in [5, 5.41) is 0.900. The number of fused-ring (bicyclic) bond motifs is 1. The molecule has 0 aliphatic heterocycles. The molecule has 1 N–H and O–H groups in total. The Morgan fingerprint density at radius 2 is 2.11 bits per heavy atom. The van der Waals surface area contributed by atoms with Gasteiger partial charge in [-0.25, -0.2) is 4.98 Å². The Kier molecular flexibility index (Phi) is 2.26. The highest BCUT2D eigenvalue weighted by Crippen LogP contribution is 2.24. The van der Waals surface area contributed by atoms with Gasteiger partial charge in [0.25, 0.3) is 5.56 Å². The van der Waals surface area contributed by atoms with Gasteiger partial charge in [-0.2, -0.15) is 4.39 Å². The van der Waals surface area contributed by atoms with Crippen LogP contribution in [0, 0.1) is 12.7 Å². The smallest absolute Gasteiger partial charge is 0.287 e. The number of para-hydroxylation sites is 1. The minimum atomic E-state index is -0.866. The second-order valence-corrected chi connectivity index (χ2v) is 3.96. The summed E-state index contributed by atoms with van der Waals surface area (Å²) in [6.45, 7) is 1.44. The third-order valence-corrected chi connectivity index (χ3v) is 2.69. The monoisotopic (exact) mass is 244 g/mol. The Morgan fingerprint density at radius 1 is 1.33 bits per heavy atom. The van der Waals surface area contributed by atoms with Gasteiger partial charge in [-0.05, 0) is 19.1 Å². The summed E-state index contributed by atoms with van der Waals surface area (Å²) < 4.78 is 18.7. The van der Waals surface area contributed by atoms with Gasteiger partial charge in [0.1, 0.15) is 5.58 Å². The number of halogens is 1. The third-order valence-electron chi connectivity index (χ3n) is 2.69. The molecule has 0 bridgehead atoms. The zero-order chi connectivity index (χ0) is 12.7. The van der Waals surface area contributed by atoms with Crippen molar-refractivity contribution in [2.45, 2.75) is 6.92 Å². The Balaban J connectivity index is 2.23. The molecule has 90 valence electrons. The summed E-state index contributed by atoms with van der Waals surface area (Å²) in [4.78, 5) is 17.7. The molecule has 1 aromatic carbocycles. The first-order chi connectivity index (χ1) is 8.65. The van der Waals surface area contributed by atoms with Gasteiger partial charge in [-0.1, -0.05) is 18.2 Å². The molecule has 0 saturated heterocycles. The number of nitrogens with one attached hydrogen (secondary N) is 1. The van der Waals surface area contributed by atoms with Crippen molar-refractivity contribution < 1.29 is 8.81 Å². The number of aryl methyl sites for hydroxylation is 1. The van der Waals surface area contributed by atoms with Crippen molar-refractivity contribution in [3.63, 3.8) is 0 Å². The van der Waals surface area contributed by atoms with Crippen molar-refractivity contribution in [1.29, 1.82) is 0 Å². The van der Waals surface area contributed by atoms with Gasteiger partial charge in [0.05, 0.1) is 5.69 Å². The second kappa shape index (κ2) is 3.80. The molecule has 0 unspecified atom stereocenters. The van der Waals surface area contributed by atoms with Gasteiger partial charge in [0, 0.05) is 5.39 Å².